The van der Waals surface area contributed by atoms with E-state index >= 15 is 0 Å². The van der Waals surface area contributed by atoms with Gasteiger partial charge in [-0.15, -0.1) is 0 Å². The Morgan fingerprint density at radius 1 is 1.15 bits per heavy atom. The van der Waals surface area contributed by atoms with Crippen molar-refractivity contribution in [2.45, 2.75) is 91.8 Å². The van der Waals surface area contributed by atoms with Crippen LogP contribution < -0.4 is 5.32 Å². The third-order valence-corrected chi connectivity index (χ3v) is 5.02. The SMILES string of the molecule is CC(C)C(CNC(C)(C)C)N(C)C1CCC(C)(C)CC1. The van der Waals surface area contributed by atoms with Crippen LogP contribution in [0, 0.1) is 11.3 Å². The van der Waals surface area contributed by atoms with E-state index in [4.69, 9.17) is 0 Å². The summed E-state index contributed by atoms with van der Waals surface area (Å²) in [5, 5.41) is 3.70. The molecule has 0 spiro atoms. The smallest absolute Gasteiger partial charge is 0.0243 e. The van der Waals surface area contributed by atoms with Crippen molar-refractivity contribution in [3.05, 3.63) is 0 Å². The van der Waals surface area contributed by atoms with E-state index in [-0.39, 0.29) is 5.54 Å². The maximum Gasteiger partial charge on any atom is 0.0243 e. The lowest BCUT2D eigenvalue weighted by Gasteiger charge is -2.43. The van der Waals surface area contributed by atoms with Gasteiger partial charge in [0.2, 0.25) is 0 Å². The van der Waals surface area contributed by atoms with Crippen LogP contribution in [-0.2, 0) is 0 Å². The molecule has 0 bridgehead atoms. The van der Waals surface area contributed by atoms with E-state index in [2.05, 4.69) is 65.7 Å². The van der Waals surface area contributed by atoms with Gasteiger partial charge in [-0.1, -0.05) is 27.7 Å². The fraction of sp³-hybridized carbons (Fsp3) is 1.00. The summed E-state index contributed by atoms with van der Waals surface area (Å²) in [6.45, 7) is 17.4. The van der Waals surface area contributed by atoms with Crippen LogP contribution in [0.5, 0.6) is 0 Å². The molecule has 0 amide bonds. The highest BCUT2D eigenvalue weighted by molar-refractivity contribution is 4.88. The second-order valence-corrected chi connectivity index (χ2v) is 9.00. The van der Waals surface area contributed by atoms with Crippen LogP contribution in [0.2, 0.25) is 0 Å². The maximum atomic E-state index is 3.70. The summed E-state index contributed by atoms with van der Waals surface area (Å²) < 4.78 is 0. The van der Waals surface area contributed by atoms with Gasteiger partial charge in [-0.25, -0.2) is 0 Å². The van der Waals surface area contributed by atoms with Crippen molar-refractivity contribution in [2.24, 2.45) is 11.3 Å². The molecular weight excluding hydrogens is 244 g/mol. The summed E-state index contributed by atoms with van der Waals surface area (Å²) in [6.07, 6.45) is 5.48. The van der Waals surface area contributed by atoms with Gasteiger partial charge in [-0.2, -0.15) is 0 Å². The minimum Gasteiger partial charge on any atom is -0.311 e. The zero-order valence-corrected chi connectivity index (χ0v) is 15.2. The number of hydrogen-bond acceptors (Lipinski definition) is 2. The molecule has 2 heteroatoms. The Morgan fingerprint density at radius 3 is 2.05 bits per heavy atom. The van der Waals surface area contributed by atoms with E-state index in [1.54, 1.807) is 0 Å². The maximum absolute atomic E-state index is 3.70. The molecule has 120 valence electrons. The number of likely N-dealkylation sites (N-methyl/N-ethyl adjacent to an activating group) is 1. The molecule has 0 heterocycles. The lowest BCUT2D eigenvalue weighted by molar-refractivity contribution is 0.0721. The van der Waals surface area contributed by atoms with Crippen LogP contribution in [0.4, 0.5) is 0 Å². The Kier molecular flexibility index (Phi) is 6.10. The standard InChI is InChI=1S/C18H38N2/c1-14(2)16(13-19-17(3,4)5)20(8)15-9-11-18(6,7)12-10-15/h14-16,19H,9-13H2,1-8H3. The highest BCUT2D eigenvalue weighted by Crippen LogP contribution is 2.37. The number of rotatable bonds is 5. The Labute approximate surface area is 127 Å². The lowest BCUT2D eigenvalue weighted by atomic mass is 9.75. The van der Waals surface area contributed by atoms with Gasteiger partial charge in [-0.05, 0) is 64.8 Å². The Hall–Kier alpha value is -0.0800. The predicted octanol–water partition coefficient (Wildman–Crippen LogP) is 4.30. The van der Waals surface area contributed by atoms with Crippen molar-refractivity contribution in [3.8, 4) is 0 Å². The summed E-state index contributed by atoms with van der Waals surface area (Å²) in [7, 11) is 2.35. The molecule has 2 nitrogen and oxygen atoms in total. The second-order valence-electron chi connectivity index (χ2n) is 9.00. The third kappa shape index (κ3) is 5.73. The molecule has 1 atom stereocenters. The summed E-state index contributed by atoms with van der Waals surface area (Å²) >= 11 is 0. The molecule has 0 saturated heterocycles. The lowest BCUT2D eigenvalue weighted by Crippen LogP contribution is -2.52. The highest BCUT2D eigenvalue weighted by atomic mass is 15.2. The minimum absolute atomic E-state index is 0.211. The number of nitrogens with one attached hydrogen (secondary N) is 1. The molecule has 1 fully saturated rings. The molecular formula is C18H38N2. The zero-order chi connectivity index (χ0) is 15.6. The van der Waals surface area contributed by atoms with Gasteiger partial charge in [-0.3, -0.25) is 4.90 Å². The highest BCUT2D eigenvalue weighted by Gasteiger charge is 2.32. The largest absolute Gasteiger partial charge is 0.311 e. The zero-order valence-electron chi connectivity index (χ0n) is 15.2. The van der Waals surface area contributed by atoms with Crippen LogP contribution in [0.15, 0.2) is 0 Å². The monoisotopic (exact) mass is 282 g/mol. The van der Waals surface area contributed by atoms with Crippen molar-refractivity contribution in [1.29, 1.82) is 0 Å². The van der Waals surface area contributed by atoms with Gasteiger partial charge >= 0.3 is 0 Å². The van der Waals surface area contributed by atoms with Crippen LogP contribution in [0.25, 0.3) is 0 Å². The normalized spacial score (nSPS) is 22.5. The molecule has 1 unspecified atom stereocenters. The molecule has 1 aliphatic carbocycles. The minimum atomic E-state index is 0.211. The molecule has 0 aromatic heterocycles. The van der Waals surface area contributed by atoms with Crippen molar-refractivity contribution >= 4 is 0 Å². The summed E-state index contributed by atoms with van der Waals surface area (Å²) in [5.41, 5.74) is 0.775. The Morgan fingerprint density at radius 2 is 1.65 bits per heavy atom. The Balaban J connectivity index is 2.58. The average Bonchev–Trinajstić information content (AvgIpc) is 2.26. The summed E-state index contributed by atoms with van der Waals surface area (Å²) in [5.74, 6) is 0.699. The van der Waals surface area contributed by atoms with Crippen LogP contribution in [-0.4, -0.2) is 36.1 Å². The molecule has 0 aromatic rings. The first-order valence-electron chi connectivity index (χ1n) is 8.49. The quantitative estimate of drug-likeness (QED) is 0.809. The van der Waals surface area contributed by atoms with Crippen LogP contribution in [0.1, 0.15) is 74.1 Å². The van der Waals surface area contributed by atoms with Crippen molar-refractivity contribution in [1.82, 2.24) is 10.2 Å². The van der Waals surface area contributed by atoms with Gasteiger partial charge in [0.1, 0.15) is 0 Å². The van der Waals surface area contributed by atoms with Gasteiger partial charge in [0.25, 0.3) is 0 Å². The topological polar surface area (TPSA) is 15.3 Å². The molecule has 1 N–H and O–H groups in total. The van der Waals surface area contributed by atoms with E-state index in [1.165, 1.54) is 25.7 Å². The fourth-order valence-corrected chi connectivity index (χ4v) is 3.32. The molecule has 20 heavy (non-hydrogen) atoms. The molecule has 1 rings (SSSR count). The van der Waals surface area contributed by atoms with Gasteiger partial charge in [0, 0.05) is 24.2 Å². The van der Waals surface area contributed by atoms with Crippen molar-refractivity contribution < 1.29 is 0 Å². The molecule has 1 aliphatic rings. The molecule has 0 radical (unpaired) electrons. The van der Waals surface area contributed by atoms with Gasteiger partial charge in [0.05, 0.1) is 0 Å². The van der Waals surface area contributed by atoms with E-state index in [0.29, 0.717) is 17.4 Å². The summed E-state index contributed by atoms with van der Waals surface area (Å²) in [4.78, 5) is 2.67. The van der Waals surface area contributed by atoms with E-state index in [9.17, 15) is 0 Å². The van der Waals surface area contributed by atoms with Crippen LogP contribution in [0.3, 0.4) is 0 Å². The predicted molar refractivity (Wildman–Crippen MR) is 90.2 cm³/mol. The van der Waals surface area contributed by atoms with Crippen LogP contribution >= 0.6 is 0 Å². The van der Waals surface area contributed by atoms with E-state index < -0.39 is 0 Å². The number of hydrogen-bond donors (Lipinski definition) is 1. The fourth-order valence-electron chi connectivity index (χ4n) is 3.32. The average molecular weight is 283 g/mol. The third-order valence-electron chi connectivity index (χ3n) is 5.02. The van der Waals surface area contributed by atoms with Crippen molar-refractivity contribution in [3.63, 3.8) is 0 Å². The molecule has 0 aliphatic heterocycles. The first-order chi connectivity index (χ1) is 9.02. The molecule has 1 saturated carbocycles. The second kappa shape index (κ2) is 6.79. The van der Waals surface area contributed by atoms with E-state index in [1.807, 2.05) is 0 Å². The van der Waals surface area contributed by atoms with Gasteiger partial charge in [0.15, 0.2) is 0 Å². The van der Waals surface area contributed by atoms with Gasteiger partial charge < -0.3 is 5.32 Å². The van der Waals surface area contributed by atoms with E-state index in [0.717, 1.165) is 12.6 Å². The first-order valence-corrected chi connectivity index (χ1v) is 8.49. The number of nitrogens with zero attached hydrogens (tertiary/aromatic N) is 1. The Bertz CT molecular complexity index is 278. The first kappa shape index (κ1) is 18.0. The molecule has 0 aromatic carbocycles. The summed E-state index contributed by atoms with van der Waals surface area (Å²) in [6, 6.07) is 1.41. The van der Waals surface area contributed by atoms with Crippen molar-refractivity contribution in [2.75, 3.05) is 13.6 Å².